The monoisotopic (exact) mass is 673 g/mol. The summed E-state index contributed by atoms with van der Waals surface area (Å²) in [5, 5.41) is 0.425. The van der Waals surface area contributed by atoms with E-state index in [1.165, 1.54) is 0 Å². The molecule has 1 aliphatic rings. The molecule has 0 N–H and O–H groups in total. The van der Waals surface area contributed by atoms with Gasteiger partial charge in [0.2, 0.25) is 5.28 Å². The zero-order valence-corrected chi connectivity index (χ0v) is 25.7. The Bertz CT molecular complexity index is 1840. The summed E-state index contributed by atoms with van der Waals surface area (Å²) in [6.07, 6.45) is 3.71. The average molecular weight is 675 g/mol. The van der Waals surface area contributed by atoms with Crippen LogP contribution in [-0.2, 0) is 12.1 Å². The molecule has 0 radical (unpaired) electrons. The third-order valence-corrected chi connectivity index (χ3v) is 9.30. The fraction of sp³-hybridized carbons (Fsp3) is 0.121. The Hall–Kier alpha value is -3.98. The molecule has 0 saturated carbocycles. The number of hydrogen-bond acceptors (Lipinski definition) is 5. The first-order chi connectivity index (χ1) is 21.0. The van der Waals surface area contributed by atoms with E-state index in [0.717, 1.165) is 22.4 Å². The van der Waals surface area contributed by atoms with E-state index in [1.807, 2.05) is 72.0 Å². The van der Waals surface area contributed by atoms with Crippen molar-refractivity contribution in [1.82, 2.24) is 19.5 Å². The second-order valence-electron chi connectivity index (χ2n) is 10.1. The highest BCUT2D eigenvalue weighted by Crippen LogP contribution is 2.47. The van der Waals surface area contributed by atoms with Gasteiger partial charge in [-0.25, -0.2) is 14.4 Å². The zero-order chi connectivity index (χ0) is 29.6. The summed E-state index contributed by atoms with van der Waals surface area (Å²) in [6, 6.07) is 31.1. The number of rotatable bonds is 6. The summed E-state index contributed by atoms with van der Waals surface area (Å²) in [5.41, 5.74) is 3.39. The van der Waals surface area contributed by atoms with Crippen LogP contribution >= 0.6 is 39.1 Å². The summed E-state index contributed by atoms with van der Waals surface area (Å²) in [5.74, 6) is 0.133. The molecular formula is C33H23BrCl2FN5O. The predicted octanol–water partition coefficient (Wildman–Crippen LogP) is 8.27. The van der Waals surface area contributed by atoms with Crippen molar-refractivity contribution < 1.29 is 9.13 Å². The molecule has 0 aliphatic carbocycles. The molecule has 0 spiro atoms. The Labute approximate surface area is 265 Å². The van der Waals surface area contributed by atoms with Crippen LogP contribution in [0.1, 0.15) is 22.4 Å². The summed E-state index contributed by atoms with van der Waals surface area (Å²) in [7, 11) is 0. The lowest BCUT2D eigenvalue weighted by Crippen LogP contribution is -2.39. The first kappa shape index (κ1) is 27.8. The van der Waals surface area contributed by atoms with Gasteiger partial charge in [0.05, 0.1) is 35.0 Å². The van der Waals surface area contributed by atoms with Gasteiger partial charge in [0.1, 0.15) is 28.5 Å². The second kappa shape index (κ2) is 11.3. The lowest BCUT2D eigenvalue weighted by Gasteiger charge is -2.39. The van der Waals surface area contributed by atoms with E-state index in [2.05, 4.69) is 71.8 Å². The fourth-order valence-electron chi connectivity index (χ4n) is 5.97. The highest BCUT2D eigenvalue weighted by Gasteiger charge is 2.40. The van der Waals surface area contributed by atoms with Gasteiger partial charge < -0.3 is 14.2 Å². The van der Waals surface area contributed by atoms with Gasteiger partial charge in [0.15, 0.2) is 11.6 Å². The lowest BCUT2D eigenvalue weighted by atomic mass is 9.76. The van der Waals surface area contributed by atoms with Gasteiger partial charge in [0, 0.05) is 6.20 Å². The van der Waals surface area contributed by atoms with E-state index in [4.69, 9.17) is 27.9 Å². The fourth-order valence-corrected chi connectivity index (χ4v) is 6.74. The van der Waals surface area contributed by atoms with Crippen LogP contribution in [-0.4, -0.2) is 32.7 Å². The molecule has 0 bridgehead atoms. The number of ether oxygens (including phenoxy) is 1. The highest BCUT2D eigenvalue weighted by atomic mass is 79.9. The van der Waals surface area contributed by atoms with Gasteiger partial charge in [-0.1, -0.05) is 103 Å². The van der Waals surface area contributed by atoms with Crippen LogP contribution in [0.25, 0.3) is 10.9 Å². The van der Waals surface area contributed by atoms with Crippen molar-refractivity contribution in [3.05, 3.63) is 147 Å². The molecular weight excluding hydrogens is 652 g/mol. The van der Waals surface area contributed by atoms with Gasteiger partial charge in [-0.2, -0.15) is 4.98 Å². The first-order valence-corrected chi connectivity index (χ1v) is 15.1. The van der Waals surface area contributed by atoms with Crippen LogP contribution in [0, 0.1) is 5.82 Å². The maximum Gasteiger partial charge on any atom is 0.225 e. The molecule has 3 heterocycles. The van der Waals surface area contributed by atoms with Crippen molar-refractivity contribution in [3.63, 3.8) is 0 Å². The Morgan fingerprint density at radius 1 is 0.860 bits per heavy atom. The van der Waals surface area contributed by atoms with E-state index < -0.39 is 11.4 Å². The standard InChI is InChI=1S/C33H23BrCl2FN5O/c34-26-27(35)30-25-29(28(26)37)39-32(36)40-31(25)41(16-17-43-30)19-24-18-38-20-42(24)33(21-10-4-1-5-11-21,22-12-6-2-7-13-22)23-14-8-3-9-15-23/h1-15,18,20H,16-17,19H2. The lowest BCUT2D eigenvalue weighted by molar-refractivity contribution is 0.330. The second-order valence-corrected chi connectivity index (χ2v) is 11.7. The average Bonchev–Trinajstić information content (AvgIpc) is 3.43. The van der Waals surface area contributed by atoms with E-state index in [-0.39, 0.29) is 26.9 Å². The molecule has 214 valence electrons. The Morgan fingerprint density at radius 3 is 2.02 bits per heavy atom. The molecule has 4 aromatic carbocycles. The molecule has 0 unspecified atom stereocenters. The molecule has 0 amide bonds. The van der Waals surface area contributed by atoms with Gasteiger partial charge in [-0.3, -0.25) is 0 Å². The van der Waals surface area contributed by atoms with Crippen molar-refractivity contribution >= 4 is 55.9 Å². The summed E-state index contributed by atoms with van der Waals surface area (Å²) in [4.78, 5) is 15.4. The third kappa shape index (κ3) is 4.56. The molecule has 0 fully saturated rings. The molecule has 1 aliphatic heterocycles. The molecule has 0 saturated heterocycles. The SMILES string of the molecule is Fc1c(Br)c(Cl)c2c3c(nc(Cl)nc13)N(Cc1cncn1C(c1ccccc1)(c1ccccc1)c1ccccc1)CCO2. The van der Waals surface area contributed by atoms with Gasteiger partial charge >= 0.3 is 0 Å². The van der Waals surface area contributed by atoms with E-state index in [1.54, 1.807) is 0 Å². The van der Waals surface area contributed by atoms with Crippen molar-refractivity contribution in [3.8, 4) is 5.75 Å². The van der Waals surface area contributed by atoms with Crippen LogP contribution in [0.2, 0.25) is 10.3 Å². The molecule has 2 aromatic heterocycles. The molecule has 6 aromatic rings. The number of hydrogen-bond donors (Lipinski definition) is 0. The maximum atomic E-state index is 15.4. The topological polar surface area (TPSA) is 56.1 Å². The number of aromatic nitrogens is 4. The Morgan fingerprint density at radius 2 is 1.44 bits per heavy atom. The third-order valence-electron chi connectivity index (χ3n) is 7.79. The number of imidazole rings is 1. The normalized spacial score (nSPS) is 13.2. The van der Waals surface area contributed by atoms with Gasteiger partial charge in [0.25, 0.3) is 0 Å². The van der Waals surface area contributed by atoms with Crippen LogP contribution in [0.15, 0.2) is 108 Å². The maximum absolute atomic E-state index is 15.4. The largest absolute Gasteiger partial charge is 0.489 e. The smallest absolute Gasteiger partial charge is 0.225 e. The van der Waals surface area contributed by atoms with Crippen molar-refractivity contribution in [2.24, 2.45) is 0 Å². The van der Waals surface area contributed by atoms with E-state index >= 15 is 4.39 Å². The molecule has 0 atom stereocenters. The predicted molar refractivity (Wildman–Crippen MR) is 171 cm³/mol. The Balaban J connectivity index is 1.45. The highest BCUT2D eigenvalue weighted by molar-refractivity contribution is 9.10. The first-order valence-electron chi connectivity index (χ1n) is 13.6. The summed E-state index contributed by atoms with van der Waals surface area (Å²) in [6.45, 7) is 1.10. The zero-order valence-electron chi connectivity index (χ0n) is 22.6. The van der Waals surface area contributed by atoms with Crippen LogP contribution in [0.4, 0.5) is 10.2 Å². The quantitative estimate of drug-likeness (QED) is 0.101. The number of nitrogens with zero attached hydrogens (tertiary/aromatic N) is 5. The summed E-state index contributed by atoms with van der Waals surface area (Å²) >= 11 is 16.1. The van der Waals surface area contributed by atoms with Crippen molar-refractivity contribution in [1.29, 1.82) is 0 Å². The minimum absolute atomic E-state index is 0.0360. The van der Waals surface area contributed by atoms with Crippen molar-refractivity contribution in [2.75, 3.05) is 18.1 Å². The molecule has 43 heavy (non-hydrogen) atoms. The molecule has 7 rings (SSSR count). The number of benzene rings is 4. The van der Waals surface area contributed by atoms with Gasteiger partial charge in [-0.05, 0) is 44.2 Å². The number of anilines is 1. The van der Waals surface area contributed by atoms with Gasteiger partial charge in [-0.15, -0.1) is 0 Å². The molecule has 6 nitrogen and oxygen atoms in total. The van der Waals surface area contributed by atoms with E-state index in [0.29, 0.717) is 30.0 Å². The van der Waals surface area contributed by atoms with Crippen LogP contribution in [0.3, 0.4) is 0 Å². The Kier molecular flexibility index (Phi) is 7.29. The number of halogens is 4. The van der Waals surface area contributed by atoms with Crippen LogP contribution < -0.4 is 9.64 Å². The van der Waals surface area contributed by atoms with Crippen LogP contribution in [0.5, 0.6) is 5.75 Å². The van der Waals surface area contributed by atoms with Crippen molar-refractivity contribution in [2.45, 2.75) is 12.1 Å². The van der Waals surface area contributed by atoms with E-state index in [9.17, 15) is 0 Å². The molecule has 10 heteroatoms. The minimum atomic E-state index is -0.755. The summed E-state index contributed by atoms with van der Waals surface area (Å²) < 4.78 is 23.8. The minimum Gasteiger partial charge on any atom is -0.489 e.